The molecule has 0 aliphatic carbocycles. The summed E-state index contributed by atoms with van der Waals surface area (Å²) in [5.41, 5.74) is 0.725. The lowest BCUT2D eigenvalue weighted by Gasteiger charge is -2.13. The maximum absolute atomic E-state index is 13.8. The minimum atomic E-state index is -4.01. The standard InChI is InChI=1S/C20H19FN2O3S2/c1-14-8-9-15(22-20(24)11-10-16-5-4-12-27-16)13-19(14)28(25,26)23-18-7-3-2-6-17(18)21/h2-9,12-13,23H,10-11H2,1H3,(H,22,24). The van der Waals surface area contributed by atoms with Crippen LogP contribution in [0.15, 0.2) is 64.9 Å². The van der Waals surface area contributed by atoms with Gasteiger partial charge in [-0.3, -0.25) is 9.52 Å². The Bertz CT molecular complexity index is 1080. The van der Waals surface area contributed by atoms with Crippen LogP contribution in [-0.4, -0.2) is 14.3 Å². The van der Waals surface area contributed by atoms with Crippen LogP contribution in [0.5, 0.6) is 0 Å². The molecule has 0 fully saturated rings. The van der Waals surface area contributed by atoms with Crippen LogP contribution in [0.2, 0.25) is 0 Å². The van der Waals surface area contributed by atoms with Gasteiger partial charge in [0.05, 0.1) is 10.6 Å². The number of para-hydroxylation sites is 1. The van der Waals surface area contributed by atoms with E-state index in [0.717, 1.165) is 4.88 Å². The van der Waals surface area contributed by atoms with E-state index >= 15 is 0 Å². The van der Waals surface area contributed by atoms with Crippen molar-refractivity contribution in [3.63, 3.8) is 0 Å². The van der Waals surface area contributed by atoms with Crippen LogP contribution in [0.1, 0.15) is 16.9 Å². The molecule has 0 aliphatic rings. The highest BCUT2D eigenvalue weighted by atomic mass is 32.2. The van der Waals surface area contributed by atoms with Crippen LogP contribution in [0.4, 0.5) is 15.8 Å². The second kappa shape index (κ2) is 8.53. The van der Waals surface area contributed by atoms with Gasteiger partial charge in [-0.05, 0) is 54.6 Å². The number of hydrogen-bond donors (Lipinski definition) is 2. The summed E-state index contributed by atoms with van der Waals surface area (Å²) in [6.45, 7) is 1.64. The van der Waals surface area contributed by atoms with Crippen LogP contribution in [0.3, 0.4) is 0 Å². The number of carbonyl (C=O) groups is 1. The maximum atomic E-state index is 13.8. The summed E-state index contributed by atoms with van der Waals surface area (Å²) >= 11 is 1.58. The maximum Gasteiger partial charge on any atom is 0.262 e. The van der Waals surface area contributed by atoms with E-state index in [9.17, 15) is 17.6 Å². The molecule has 0 atom stereocenters. The van der Waals surface area contributed by atoms with E-state index in [1.165, 1.54) is 30.3 Å². The van der Waals surface area contributed by atoms with E-state index in [4.69, 9.17) is 0 Å². The highest BCUT2D eigenvalue weighted by molar-refractivity contribution is 7.92. The van der Waals surface area contributed by atoms with Crippen molar-refractivity contribution in [2.24, 2.45) is 0 Å². The molecule has 1 amide bonds. The number of halogens is 1. The molecular weight excluding hydrogens is 399 g/mol. The van der Waals surface area contributed by atoms with Gasteiger partial charge in [0.25, 0.3) is 10.0 Å². The molecule has 0 saturated carbocycles. The molecule has 3 aromatic rings. The van der Waals surface area contributed by atoms with E-state index in [1.807, 2.05) is 17.5 Å². The third-order valence-corrected chi connectivity index (χ3v) is 6.50. The van der Waals surface area contributed by atoms with E-state index in [0.29, 0.717) is 24.1 Å². The number of aryl methyl sites for hydroxylation is 2. The zero-order valence-electron chi connectivity index (χ0n) is 15.1. The van der Waals surface area contributed by atoms with Gasteiger partial charge >= 0.3 is 0 Å². The Kier molecular flexibility index (Phi) is 6.11. The fraction of sp³-hybridized carbons (Fsp3) is 0.150. The van der Waals surface area contributed by atoms with Crippen LogP contribution in [0, 0.1) is 12.7 Å². The molecule has 8 heteroatoms. The third kappa shape index (κ3) is 4.96. The first-order valence-electron chi connectivity index (χ1n) is 8.55. The Morgan fingerprint density at radius 3 is 2.61 bits per heavy atom. The second-order valence-corrected chi connectivity index (χ2v) is 8.88. The lowest BCUT2D eigenvalue weighted by atomic mass is 10.2. The summed E-state index contributed by atoms with van der Waals surface area (Å²) in [6, 6.07) is 14.0. The van der Waals surface area contributed by atoms with E-state index in [1.54, 1.807) is 30.4 Å². The fourth-order valence-electron chi connectivity index (χ4n) is 2.63. The SMILES string of the molecule is Cc1ccc(NC(=O)CCc2cccs2)cc1S(=O)(=O)Nc1ccccc1F. The molecule has 28 heavy (non-hydrogen) atoms. The zero-order chi connectivity index (χ0) is 20.1. The first kappa shape index (κ1) is 20.0. The summed E-state index contributed by atoms with van der Waals surface area (Å²) in [5.74, 6) is -0.871. The molecule has 0 radical (unpaired) electrons. The summed E-state index contributed by atoms with van der Waals surface area (Å²) in [7, 11) is -4.01. The van der Waals surface area contributed by atoms with Gasteiger partial charge in [-0.25, -0.2) is 12.8 Å². The van der Waals surface area contributed by atoms with Gasteiger partial charge < -0.3 is 5.32 Å². The van der Waals surface area contributed by atoms with E-state index < -0.39 is 15.8 Å². The average Bonchev–Trinajstić information content (AvgIpc) is 3.17. The molecule has 2 aromatic carbocycles. The van der Waals surface area contributed by atoms with Crippen molar-refractivity contribution in [2.45, 2.75) is 24.7 Å². The second-order valence-electron chi connectivity index (χ2n) is 6.19. The molecule has 0 aliphatic heterocycles. The van der Waals surface area contributed by atoms with Gasteiger partial charge in [0.2, 0.25) is 5.91 Å². The molecule has 146 valence electrons. The summed E-state index contributed by atoms with van der Waals surface area (Å²) in [4.78, 5) is 13.3. The number of carbonyl (C=O) groups excluding carboxylic acids is 1. The quantitative estimate of drug-likeness (QED) is 0.590. The van der Waals surface area contributed by atoms with Crippen LogP contribution in [0.25, 0.3) is 0 Å². The summed E-state index contributed by atoms with van der Waals surface area (Å²) < 4.78 is 41.5. The monoisotopic (exact) mass is 418 g/mol. The first-order valence-corrected chi connectivity index (χ1v) is 10.9. The minimum Gasteiger partial charge on any atom is -0.326 e. The van der Waals surface area contributed by atoms with Gasteiger partial charge in [0, 0.05) is 17.0 Å². The fourth-order valence-corrected chi connectivity index (χ4v) is 4.67. The number of amides is 1. The molecular formula is C20H19FN2O3S2. The number of sulfonamides is 1. The number of anilines is 2. The Hall–Kier alpha value is -2.71. The van der Waals surface area contributed by atoms with Gasteiger partial charge in [0.15, 0.2) is 0 Å². The van der Waals surface area contributed by atoms with E-state index in [2.05, 4.69) is 10.0 Å². The van der Waals surface area contributed by atoms with Crippen molar-refractivity contribution in [1.82, 2.24) is 0 Å². The van der Waals surface area contributed by atoms with Crippen LogP contribution >= 0.6 is 11.3 Å². The Labute approximate surface area is 167 Å². The number of benzene rings is 2. The molecule has 1 heterocycles. The van der Waals surface area contributed by atoms with Gasteiger partial charge in [-0.15, -0.1) is 11.3 Å². The predicted octanol–water partition coefficient (Wildman–Crippen LogP) is 4.57. The smallest absolute Gasteiger partial charge is 0.262 e. The van der Waals surface area contributed by atoms with Gasteiger partial charge in [0.1, 0.15) is 5.82 Å². The first-order chi connectivity index (χ1) is 13.3. The predicted molar refractivity (Wildman–Crippen MR) is 110 cm³/mol. The molecule has 1 aromatic heterocycles. The summed E-state index contributed by atoms with van der Waals surface area (Å²) in [6.07, 6.45) is 0.916. The van der Waals surface area contributed by atoms with Gasteiger partial charge in [-0.1, -0.05) is 24.3 Å². The van der Waals surface area contributed by atoms with Crippen LogP contribution < -0.4 is 10.0 Å². The molecule has 2 N–H and O–H groups in total. The summed E-state index contributed by atoms with van der Waals surface area (Å²) in [5, 5.41) is 4.67. The number of thiophene rings is 1. The lowest BCUT2D eigenvalue weighted by Crippen LogP contribution is -2.17. The highest BCUT2D eigenvalue weighted by Crippen LogP contribution is 2.24. The number of rotatable bonds is 7. The van der Waals surface area contributed by atoms with Crippen molar-refractivity contribution < 1.29 is 17.6 Å². The lowest BCUT2D eigenvalue weighted by molar-refractivity contribution is -0.116. The van der Waals surface area contributed by atoms with Crippen LogP contribution in [-0.2, 0) is 21.2 Å². The molecule has 0 saturated heterocycles. The molecule has 5 nitrogen and oxygen atoms in total. The van der Waals surface area contributed by atoms with Gasteiger partial charge in [-0.2, -0.15) is 0 Å². The van der Waals surface area contributed by atoms with Crippen molar-refractivity contribution >= 4 is 38.6 Å². The largest absolute Gasteiger partial charge is 0.326 e. The molecule has 0 bridgehead atoms. The average molecular weight is 419 g/mol. The number of hydrogen-bond acceptors (Lipinski definition) is 4. The minimum absolute atomic E-state index is 0.0215. The third-order valence-electron chi connectivity index (χ3n) is 4.06. The van der Waals surface area contributed by atoms with Crippen molar-refractivity contribution in [2.75, 3.05) is 10.0 Å². The zero-order valence-corrected chi connectivity index (χ0v) is 16.7. The topological polar surface area (TPSA) is 75.3 Å². The Balaban J connectivity index is 1.75. The number of nitrogens with one attached hydrogen (secondary N) is 2. The Morgan fingerprint density at radius 2 is 1.89 bits per heavy atom. The molecule has 3 rings (SSSR count). The Morgan fingerprint density at radius 1 is 1.11 bits per heavy atom. The molecule has 0 spiro atoms. The molecule has 0 unspecified atom stereocenters. The van der Waals surface area contributed by atoms with Crippen molar-refractivity contribution in [3.8, 4) is 0 Å². The normalized spacial score (nSPS) is 11.2. The van der Waals surface area contributed by atoms with Crippen molar-refractivity contribution in [3.05, 3.63) is 76.2 Å². The van der Waals surface area contributed by atoms with Crippen molar-refractivity contribution in [1.29, 1.82) is 0 Å². The highest BCUT2D eigenvalue weighted by Gasteiger charge is 2.19. The van der Waals surface area contributed by atoms with E-state index in [-0.39, 0.29) is 16.5 Å².